The fraction of sp³-hybridized carbons (Fsp3) is 0.667. The van der Waals surface area contributed by atoms with Gasteiger partial charge in [-0.25, -0.2) is 0 Å². The highest BCUT2D eigenvalue weighted by molar-refractivity contribution is 5.96. The fourth-order valence-electron chi connectivity index (χ4n) is 4.37. The number of unbranched alkanes of at least 4 members (excludes halogenated alkanes) is 1. The van der Waals surface area contributed by atoms with Gasteiger partial charge in [0, 0.05) is 16.9 Å². The molecule has 2 unspecified atom stereocenters. The van der Waals surface area contributed by atoms with Gasteiger partial charge < -0.3 is 15.1 Å². The summed E-state index contributed by atoms with van der Waals surface area (Å²) in [6.07, 6.45) is 4.96. The van der Waals surface area contributed by atoms with E-state index in [1.165, 1.54) is 0 Å². The molecule has 0 spiro atoms. The van der Waals surface area contributed by atoms with Crippen LogP contribution in [0.1, 0.15) is 83.8 Å². The standard InChI is InChI=1S/C21H31NO3/c1-6-7-9-20(2,3)13-11-15(23)17-14-8-10-21(4,5)19(22-24)18(14)25-16(17)12-13/h11-12,14,18,23-24H,6-10H2,1-5H3. The normalized spacial score (nSPS) is 26.2. The van der Waals surface area contributed by atoms with Crippen LogP contribution in [0.4, 0.5) is 0 Å². The molecule has 4 nitrogen and oxygen atoms in total. The van der Waals surface area contributed by atoms with Gasteiger partial charge in [-0.05, 0) is 42.4 Å². The maximum atomic E-state index is 10.7. The van der Waals surface area contributed by atoms with Crippen molar-refractivity contribution in [3.8, 4) is 11.5 Å². The van der Waals surface area contributed by atoms with Gasteiger partial charge in [0.25, 0.3) is 0 Å². The minimum absolute atomic E-state index is 0.00713. The largest absolute Gasteiger partial charge is 0.508 e. The number of ether oxygens (including phenoxy) is 1. The van der Waals surface area contributed by atoms with Crippen molar-refractivity contribution in [2.75, 3.05) is 0 Å². The van der Waals surface area contributed by atoms with Crippen molar-refractivity contribution in [3.63, 3.8) is 0 Å². The zero-order chi connectivity index (χ0) is 18.4. The molecular weight excluding hydrogens is 314 g/mol. The second-order valence-electron chi connectivity index (χ2n) is 8.95. The first-order valence-corrected chi connectivity index (χ1v) is 9.47. The van der Waals surface area contributed by atoms with E-state index in [0.29, 0.717) is 11.5 Å². The Bertz CT molecular complexity index is 691. The Morgan fingerprint density at radius 3 is 2.68 bits per heavy atom. The molecule has 1 aliphatic carbocycles. The van der Waals surface area contributed by atoms with Crippen molar-refractivity contribution < 1.29 is 15.1 Å². The summed E-state index contributed by atoms with van der Waals surface area (Å²) in [5.41, 5.74) is 2.49. The number of oxime groups is 1. The molecule has 0 saturated heterocycles. The number of fused-ring (bicyclic) bond motifs is 3. The number of phenolic OH excluding ortho intramolecular Hbond substituents is 1. The number of phenols is 1. The van der Waals surface area contributed by atoms with Gasteiger partial charge in [0.15, 0.2) is 0 Å². The Balaban J connectivity index is 1.98. The summed E-state index contributed by atoms with van der Waals surface area (Å²) in [4.78, 5) is 0. The summed E-state index contributed by atoms with van der Waals surface area (Å²) in [5, 5.41) is 23.9. The second kappa shape index (κ2) is 6.22. The van der Waals surface area contributed by atoms with Gasteiger partial charge in [-0.1, -0.05) is 52.6 Å². The first-order chi connectivity index (χ1) is 11.7. The Hall–Kier alpha value is -1.71. The molecule has 0 aromatic heterocycles. The van der Waals surface area contributed by atoms with E-state index in [1.807, 2.05) is 6.07 Å². The van der Waals surface area contributed by atoms with Crippen molar-refractivity contribution in [1.29, 1.82) is 0 Å². The number of aromatic hydroxyl groups is 1. The molecule has 1 aliphatic heterocycles. The second-order valence-corrected chi connectivity index (χ2v) is 8.95. The summed E-state index contributed by atoms with van der Waals surface area (Å²) in [6.45, 7) is 10.8. The quantitative estimate of drug-likeness (QED) is 0.571. The average Bonchev–Trinajstić information content (AvgIpc) is 2.91. The lowest BCUT2D eigenvalue weighted by atomic mass is 9.68. The minimum Gasteiger partial charge on any atom is -0.508 e. The lowest BCUT2D eigenvalue weighted by molar-refractivity contribution is 0.201. The van der Waals surface area contributed by atoms with Gasteiger partial charge in [-0.15, -0.1) is 0 Å². The molecule has 1 fully saturated rings. The first kappa shape index (κ1) is 18.1. The molecule has 3 rings (SSSR count). The maximum absolute atomic E-state index is 10.7. The third-order valence-corrected chi connectivity index (χ3v) is 6.20. The van der Waals surface area contributed by atoms with E-state index in [0.717, 1.165) is 49.0 Å². The number of nitrogens with zero attached hydrogens (tertiary/aromatic N) is 1. The van der Waals surface area contributed by atoms with Crippen LogP contribution in [0.15, 0.2) is 17.3 Å². The molecule has 0 bridgehead atoms. The van der Waals surface area contributed by atoms with Gasteiger partial charge in [-0.3, -0.25) is 0 Å². The molecule has 2 N–H and O–H groups in total. The zero-order valence-electron chi connectivity index (χ0n) is 16.1. The predicted molar refractivity (Wildman–Crippen MR) is 100 cm³/mol. The van der Waals surface area contributed by atoms with Crippen molar-refractivity contribution in [3.05, 3.63) is 23.3 Å². The lowest BCUT2D eigenvalue weighted by Crippen LogP contribution is -2.44. The average molecular weight is 345 g/mol. The highest BCUT2D eigenvalue weighted by Crippen LogP contribution is 2.53. The highest BCUT2D eigenvalue weighted by Gasteiger charge is 2.49. The number of rotatable bonds is 4. The topological polar surface area (TPSA) is 62.0 Å². The molecule has 138 valence electrons. The van der Waals surface area contributed by atoms with Crippen molar-refractivity contribution in [2.24, 2.45) is 10.6 Å². The first-order valence-electron chi connectivity index (χ1n) is 9.47. The zero-order valence-corrected chi connectivity index (χ0v) is 16.1. The minimum atomic E-state index is -0.274. The summed E-state index contributed by atoms with van der Waals surface area (Å²) < 4.78 is 6.22. The van der Waals surface area contributed by atoms with E-state index in [4.69, 9.17) is 4.74 Å². The van der Waals surface area contributed by atoms with Crippen molar-refractivity contribution >= 4 is 5.71 Å². The van der Waals surface area contributed by atoms with Gasteiger partial charge in [0.1, 0.15) is 23.3 Å². The molecule has 1 aromatic carbocycles. The van der Waals surface area contributed by atoms with E-state index in [2.05, 4.69) is 45.8 Å². The van der Waals surface area contributed by atoms with Crippen LogP contribution in [-0.4, -0.2) is 22.1 Å². The van der Waals surface area contributed by atoms with Gasteiger partial charge >= 0.3 is 0 Å². The molecule has 1 saturated carbocycles. The third-order valence-electron chi connectivity index (χ3n) is 6.20. The molecule has 25 heavy (non-hydrogen) atoms. The van der Waals surface area contributed by atoms with Crippen molar-refractivity contribution in [2.45, 2.75) is 84.2 Å². The maximum Gasteiger partial charge on any atom is 0.148 e. The Labute approximate surface area is 150 Å². The van der Waals surface area contributed by atoms with Gasteiger partial charge in [-0.2, -0.15) is 0 Å². The van der Waals surface area contributed by atoms with Crippen LogP contribution in [0.5, 0.6) is 11.5 Å². The van der Waals surface area contributed by atoms with Crippen LogP contribution in [-0.2, 0) is 5.41 Å². The Kier molecular flexibility index (Phi) is 4.50. The summed E-state index contributed by atoms with van der Waals surface area (Å²) in [7, 11) is 0. The Morgan fingerprint density at radius 1 is 1.32 bits per heavy atom. The summed E-state index contributed by atoms with van der Waals surface area (Å²) in [5.74, 6) is 1.15. The van der Waals surface area contributed by atoms with Crippen LogP contribution in [0.3, 0.4) is 0 Å². The monoisotopic (exact) mass is 345 g/mol. The van der Waals surface area contributed by atoms with E-state index < -0.39 is 0 Å². The van der Waals surface area contributed by atoms with Crippen molar-refractivity contribution in [1.82, 2.24) is 0 Å². The summed E-state index contributed by atoms with van der Waals surface area (Å²) in [6, 6.07) is 4.00. The van der Waals surface area contributed by atoms with Gasteiger partial charge in [0.2, 0.25) is 0 Å². The van der Waals surface area contributed by atoms with Crippen LogP contribution in [0, 0.1) is 5.41 Å². The van der Waals surface area contributed by atoms with E-state index in [-0.39, 0.29) is 22.9 Å². The molecule has 0 amide bonds. The van der Waals surface area contributed by atoms with E-state index in [1.54, 1.807) is 0 Å². The summed E-state index contributed by atoms with van der Waals surface area (Å²) >= 11 is 0. The smallest absolute Gasteiger partial charge is 0.148 e. The third kappa shape index (κ3) is 3.00. The van der Waals surface area contributed by atoms with Crippen LogP contribution in [0.25, 0.3) is 0 Å². The molecule has 4 heteroatoms. The predicted octanol–water partition coefficient (Wildman–Crippen LogP) is 5.35. The number of benzene rings is 1. The van der Waals surface area contributed by atoms with Gasteiger partial charge in [0.05, 0.1) is 0 Å². The number of hydrogen-bond donors (Lipinski definition) is 2. The lowest BCUT2D eigenvalue weighted by Gasteiger charge is -2.37. The SMILES string of the molecule is CCCCC(C)(C)c1cc(O)c2c(c1)OC1C(=NO)C(C)(C)CCC21. The number of hydrogen-bond acceptors (Lipinski definition) is 4. The fourth-order valence-corrected chi connectivity index (χ4v) is 4.37. The highest BCUT2D eigenvalue weighted by atomic mass is 16.5. The molecule has 2 aliphatic rings. The molecule has 0 radical (unpaired) electrons. The van der Waals surface area contributed by atoms with E-state index in [9.17, 15) is 10.3 Å². The molecule has 1 heterocycles. The Morgan fingerprint density at radius 2 is 2.04 bits per heavy atom. The molecular formula is C21H31NO3. The van der Waals surface area contributed by atoms with E-state index >= 15 is 0 Å². The molecule has 1 aromatic rings. The van der Waals surface area contributed by atoms with Crippen LogP contribution in [0.2, 0.25) is 0 Å². The van der Waals surface area contributed by atoms with Crippen LogP contribution < -0.4 is 4.74 Å². The molecule has 2 atom stereocenters. The van der Waals surface area contributed by atoms with Crippen LogP contribution >= 0.6 is 0 Å².